The van der Waals surface area contributed by atoms with Crippen molar-refractivity contribution in [1.82, 2.24) is 4.98 Å². The van der Waals surface area contributed by atoms with Crippen LogP contribution in [-0.2, 0) is 0 Å². The molecule has 0 radical (unpaired) electrons. The summed E-state index contributed by atoms with van der Waals surface area (Å²) >= 11 is 0. The maximum absolute atomic E-state index is 10.4. The van der Waals surface area contributed by atoms with Crippen molar-refractivity contribution in [3.05, 3.63) is 59.3 Å². The van der Waals surface area contributed by atoms with Gasteiger partial charge in [0.1, 0.15) is 11.9 Å². The lowest BCUT2D eigenvalue weighted by Gasteiger charge is -2.15. The molecular formula is C16H18N2O. The Kier molecular flexibility index (Phi) is 3.22. The molecule has 0 saturated heterocycles. The molecule has 1 atom stereocenters. The topological polar surface area (TPSA) is 45.2 Å². The van der Waals surface area contributed by atoms with Gasteiger partial charge in [0.2, 0.25) is 0 Å². The number of nitrogens with one attached hydrogen (secondary N) is 1. The molecule has 2 N–H and O–H groups in total. The van der Waals surface area contributed by atoms with Gasteiger partial charge in [0.25, 0.3) is 0 Å². The molecule has 3 nitrogen and oxygen atoms in total. The number of aliphatic hydroxyl groups is 1. The van der Waals surface area contributed by atoms with Gasteiger partial charge in [0.05, 0.1) is 0 Å². The zero-order chi connectivity index (χ0) is 13.2. The normalized spacial score (nSPS) is 16.1. The summed E-state index contributed by atoms with van der Waals surface area (Å²) in [5.41, 5.74) is 2.83. The van der Waals surface area contributed by atoms with Gasteiger partial charge < -0.3 is 10.4 Å². The van der Waals surface area contributed by atoms with E-state index in [1.807, 2.05) is 43.3 Å². The van der Waals surface area contributed by atoms with Crippen LogP contribution in [0.25, 0.3) is 0 Å². The molecule has 2 aromatic rings. The molecule has 1 aromatic heterocycles. The summed E-state index contributed by atoms with van der Waals surface area (Å²) in [6.45, 7) is 2.02. The molecule has 1 saturated carbocycles. The lowest BCUT2D eigenvalue weighted by molar-refractivity contribution is 0.219. The van der Waals surface area contributed by atoms with E-state index in [1.165, 1.54) is 12.8 Å². The predicted octanol–water partition coefficient (Wildman–Crippen LogP) is 3.05. The van der Waals surface area contributed by atoms with Crippen molar-refractivity contribution in [3.8, 4) is 0 Å². The van der Waals surface area contributed by atoms with Crippen molar-refractivity contribution in [1.29, 1.82) is 0 Å². The average molecular weight is 254 g/mol. The molecule has 1 aliphatic carbocycles. The number of benzene rings is 1. The van der Waals surface area contributed by atoms with Crippen molar-refractivity contribution in [2.45, 2.75) is 31.9 Å². The minimum Gasteiger partial charge on any atom is -0.384 e. The zero-order valence-corrected chi connectivity index (χ0v) is 11.0. The predicted molar refractivity (Wildman–Crippen MR) is 76.1 cm³/mol. The molecule has 1 aromatic carbocycles. The van der Waals surface area contributed by atoms with Crippen LogP contribution in [0.1, 0.15) is 35.6 Å². The summed E-state index contributed by atoms with van der Waals surface area (Å²) in [6.07, 6.45) is 3.63. The van der Waals surface area contributed by atoms with E-state index in [4.69, 9.17) is 0 Å². The highest BCUT2D eigenvalue weighted by Gasteiger charge is 2.22. The van der Waals surface area contributed by atoms with Gasteiger partial charge in [-0.15, -0.1) is 0 Å². The fourth-order valence-corrected chi connectivity index (χ4v) is 2.18. The summed E-state index contributed by atoms with van der Waals surface area (Å²) in [7, 11) is 0. The number of aromatic nitrogens is 1. The molecule has 1 fully saturated rings. The van der Waals surface area contributed by atoms with Crippen molar-refractivity contribution in [2.75, 3.05) is 5.32 Å². The summed E-state index contributed by atoms with van der Waals surface area (Å²) in [4.78, 5) is 4.40. The van der Waals surface area contributed by atoms with Crippen LogP contribution in [-0.4, -0.2) is 16.1 Å². The van der Waals surface area contributed by atoms with Gasteiger partial charge in [-0.05, 0) is 37.0 Å². The Morgan fingerprint density at radius 3 is 2.63 bits per heavy atom. The number of pyridine rings is 1. The number of anilines is 1. The standard InChI is InChI=1S/C16H18N2O/c1-11-9-15(18-13-7-8-13)17-10-14(11)16(19)12-5-3-2-4-6-12/h2-6,9-10,13,16,19H,7-8H2,1H3,(H,17,18)/t16-/m1/s1. The third-order valence-corrected chi connectivity index (χ3v) is 3.49. The maximum atomic E-state index is 10.4. The molecular weight excluding hydrogens is 236 g/mol. The SMILES string of the molecule is Cc1cc(NC2CC2)ncc1[C@H](O)c1ccccc1. The number of rotatable bonds is 4. The summed E-state index contributed by atoms with van der Waals surface area (Å²) in [5.74, 6) is 0.906. The summed E-state index contributed by atoms with van der Waals surface area (Å²) in [5, 5.41) is 13.8. The average Bonchev–Trinajstić information content (AvgIpc) is 3.23. The highest BCUT2D eigenvalue weighted by molar-refractivity contribution is 5.44. The van der Waals surface area contributed by atoms with Crippen LogP contribution in [0.2, 0.25) is 0 Å². The van der Waals surface area contributed by atoms with Gasteiger partial charge in [-0.1, -0.05) is 30.3 Å². The molecule has 1 heterocycles. The highest BCUT2D eigenvalue weighted by atomic mass is 16.3. The quantitative estimate of drug-likeness (QED) is 0.881. The van der Waals surface area contributed by atoms with Crippen molar-refractivity contribution < 1.29 is 5.11 Å². The molecule has 0 unspecified atom stereocenters. The van der Waals surface area contributed by atoms with Crippen LogP contribution in [0.15, 0.2) is 42.6 Å². The smallest absolute Gasteiger partial charge is 0.126 e. The number of hydrogen-bond donors (Lipinski definition) is 2. The second kappa shape index (κ2) is 5.02. The van der Waals surface area contributed by atoms with Gasteiger partial charge in [-0.2, -0.15) is 0 Å². The van der Waals surface area contributed by atoms with E-state index in [0.29, 0.717) is 6.04 Å². The van der Waals surface area contributed by atoms with E-state index >= 15 is 0 Å². The Labute approximate surface area is 113 Å². The number of aliphatic hydroxyl groups excluding tert-OH is 1. The first kappa shape index (κ1) is 12.2. The first-order chi connectivity index (χ1) is 9.24. The largest absolute Gasteiger partial charge is 0.384 e. The number of nitrogens with zero attached hydrogens (tertiary/aromatic N) is 1. The van der Waals surface area contributed by atoms with E-state index in [0.717, 1.165) is 22.5 Å². The lowest BCUT2D eigenvalue weighted by atomic mass is 9.99. The molecule has 0 aliphatic heterocycles. The van der Waals surface area contributed by atoms with E-state index in [1.54, 1.807) is 6.20 Å². The fraction of sp³-hybridized carbons (Fsp3) is 0.312. The molecule has 0 spiro atoms. The third kappa shape index (κ3) is 2.76. The maximum Gasteiger partial charge on any atom is 0.126 e. The van der Waals surface area contributed by atoms with Crippen LogP contribution in [0, 0.1) is 6.92 Å². The molecule has 19 heavy (non-hydrogen) atoms. The minimum atomic E-state index is -0.608. The monoisotopic (exact) mass is 254 g/mol. The number of aryl methyl sites for hydroxylation is 1. The molecule has 1 aliphatic rings. The second-order valence-electron chi connectivity index (χ2n) is 5.16. The van der Waals surface area contributed by atoms with Crippen LogP contribution >= 0.6 is 0 Å². The van der Waals surface area contributed by atoms with Gasteiger partial charge >= 0.3 is 0 Å². The van der Waals surface area contributed by atoms with Crippen LogP contribution < -0.4 is 5.32 Å². The number of hydrogen-bond acceptors (Lipinski definition) is 3. The first-order valence-corrected chi connectivity index (χ1v) is 6.70. The van der Waals surface area contributed by atoms with Gasteiger partial charge in [0, 0.05) is 17.8 Å². The van der Waals surface area contributed by atoms with Crippen LogP contribution in [0.5, 0.6) is 0 Å². The zero-order valence-electron chi connectivity index (χ0n) is 11.0. The molecule has 3 rings (SSSR count). The van der Waals surface area contributed by atoms with Crippen LogP contribution in [0.4, 0.5) is 5.82 Å². The fourth-order valence-electron chi connectivity index (χ4n) is 2.18. The molecule has 0 bridgehead atoms. The Bertz CT molecular complexity index is 564. The molecule has 3 heteroatoms. The summed E-state index contributed by atoms with van der Waals surface area (Å²) in [6, 6.07) is 12.3. The highest BCUT2D eigenvalue weighted by Crippen LogP contribution is 2.27. The summed E-state index contributed by atoms with van der Waals surface area (Å²) < 4.78 is 0. The van der Waals surface area contributed by atoms with Crippen LogP contribution in [0.3, 0.4) is 0 Å². The van der Waals surface area contributed by atoms with Crippen molar-refractivity contribution in [2.24, 2.45) is 0 Å². The van der Waals surface area contributed by atoms with Gasteiger partial charge in [-0.3, -0.25) is 0 Å². The Balaban J connectivity index is 1.84. The van der Waals surface area contributed by atoms with E-state index < -0.39 is 6.10 Å². The first-order valence-electron chi connectivity index (χ1n) is 6.70. The molecule has 0 amide bonds. The third-order valence-electron chi connectivity index (χ3n) is 3.49. The Morgan fingerprint density at radius 2 is 2.00 bits per heavy atom. The van der Waals surface area contributed by atoms with E-state index in [-0.39, 0.29) is 0 Å². The van der Waals surface area contributed by atoms with Crippen molar-refractivity contribution in [3.63, 3.8) is 0 Å². The Hall–Kier alpha value is -1.87. The second-order valence-corrected chi connectivity index (χ2v) is 5.16. The van der Waals surface area contributed by atoms with E-state index in [2.05, 4.69) is 10.3 Å². The lowest BCUT2D eigenvalue weighted by Crippen LogP contribution is -2.07. The Morgan fingerprint density at radius 1 is 1.26 bits per heavy atom. The molecule has 98 valence electrons. The van der Waals surface area contributed by atoms with Crippen molar-refractivity contribution >= 4 is 5.82 Å². The van der Waals surface area contributed by atoms with E-state index in [9.17, 15) is 5.11 Å². The minimum absolute atomic E-state index is 0.594. The van der Waals surface area contributed by atoms with Gasteiger partial charge in [0.15, 0.2) is 0 Å². The van der Waals surface area contributed by atoms with Gasteiger partial charge in [-0.25, -0.2) is 4.98 Å².